The second-order valence-corrected chi connectivity index (χ2v) is 15.9. The molecule has 2 aromatic rings. The van der Waals surface area contributed by atoms with Crippen LogP contribution in [0.1, 0.15) is 70.4 Å². The highest BCUT2D eigenvalue weighted by atomic mass is 19.1. The number of anilines is 1. The van der Waals surface area contributed by atoms with Crippen molar-refractivity contribution >= 4 is 47.2 Å². The minimum atomic E-state index is -1.62. The van der Waals surface area contributed by atoms with Crippen molar-refractivity contribution in [2.45, 2.75) is 115 Å². The molecule has 15 nitrogen and oxygen atoms in total. The average molecular weight is 808 g/mol. The number of fused-ring (bicyclic) bond motifs is 3. The van der Waals surface area contributed by atoms with Crippen molar-refractivity contribution in [1.29, 1.82) is 0 Å². The van der Waals surface area contributed by atoms with E-state index in [4.69, 9.17) is 4.74 Å². The molecule has 4 N–H and O–H groups in total. The van der Waals surface area contributed by atoms with E-state index < -0.39 is 102 Å². The average Bonchev–Trinajstić information content (AvgIpc) is 3.83. The second-order valence-electron chi connectivity index (χ2n) is 15.9. The SMILES string of the molecule is Cc1ccc(NC(=O)NC(Cc2cc(F)cc(F)c2)C(=O)NC2C(=O)N3CCCC3C(=O)N3CCCCC3C(=O)NC(C)C(=O)N3CC(C)CC3C(=O)OC2C)cc1. The van der Waals surface area contributed by atoms with Crippen molar-refractivity contribution < 1.29 is 47.1 Å². The van der Waals surface area contributed by atoms with Gasteiger partial charge in [0.1, 0.15) is 54.0 Å². The first-order chi connectivity index (χ1) is 27.6. The highest BCUT2D eigenvalue weighted by Crippen LogP contribution is 2.29. The number of rotatable bonds is 6. The summed E-state index contributed by atoms with van der Waals surface area (Å²) in [5.41, 5.74) is 1.36. The Hall–Kier alpha value is -5.61. The van der Waals surface area contributed by atoms with Gasteiger partial charge >= 0.3 is 12.0 Å². The van der Waals surface area contributed by atoms with E-state index in [1.807, 2.05) is 13.8 Å². The lowest BCUT2D eigenvalue weighted by Crippen LogP contribution is -2.63. The summed E-state index contributed by atoms with van der Waals surface area (Å²) in [5.74, 6) is -5.95. The maximum absolute atomic E-state index is 14.7. The quantitative estimate of drug-likeness (QED) is 0.321. The van der Waals surface area contributed by atoms with Crippen LogP contribution in [0.3, 0.4) is 0 Å². The number of amides is 7. The number of ether oxygens (including phenoxy) is 1. The molecule has 58 heavy (non-hydrogen) atoms. The fourth-order valence-corrected chi connectivity index (χ4v) is 8.36. The lowest BCUT2D eigenvalue weighted by atomic mass is 9.99. The lowest BCUT2D eigenvalue weighted by Gasteiger charge is -2.39. The monoisotopic (exact) mass is 807 g/mol. The molecule has 4 aliphatic heterocycles. The van der Waals surface area contributed by atoms with Gasteiger partial charge in [0.15, 0.2) is 0 Å². The minimum Gasteiger partial charge on any atom is -0.458 e. The Kier molecular flexibility index (Phi) is 13.0. The number of benzene rings is 2. The van der Waals surface area contributed by atoms with Crippen molar-refractivity contribution in [2.75, 3.05) is 25.0 Å². The van der Waals surface area contributed by atoms with E-state index in [0.29, 0.717) is 37.4 Å². The summed E-state index contributed by atoms with van der Waals surface area (Å²) in [6.07, 6.45) is 0.815. The molecule has 0 radical (unpaired) electrons. The number of carbonyl (C=O) groups is 7. The van der Waals surface area contributed by atoms with Crippen LogP contribution in [0.15, 0.2) is 42.5 Å². The number of urea groups is 1. The van der Waals surface area contributed by atoms with Gasteiger partial charge in [0, 0.05) is 37.8 Å². The van der Waals surface area contributed by atoms with Crippen LogP contribution in [0.4, 0.5) is 19.3 Å². The van der Waals surface area contributed by atoms with E-state index in [9.17, 15) is 42.3 Å². The number of carbonyl (C=O) groups excluding carboxylic acids is 7. The van der Waals surface area contributed by atoms with Gasteiger partial charge < -0.3 is 40.7 Å². The van der Waals surface area contributed by atoms with Crippen molar-refractivity contribution in [3.63, 3.8) is 0 Å². The Balaban J connectivity index is 1.34. The molecular formula is C41H51F2N7O8. The van der Waals surface area contributed by atoms with Gasteiger partial charge in [-0.1, -0.05) is 24.6 Å². The highest BCUT2D eigenvalue weighted by Gasteiger charge is 2.47. The molecule has 4 heterocycles. The van der Waals surface area contributed by atoms with Crippen LogP contribution in [-0.2, 0) is 39.9 Å². The standard InChI is InChI=1S/C41H51F2N7O8/c1-22-10-12-29(13-11-22)45-41(57)46-30(19-26-17-27(42)20-28(43)18-26)35(51)47-34-25(4)58-40(56)33-16-23(2)21-50(33)37(53)24(3)44-36(52)31-8-5-6-14-48(31)38(54)32-9-7-15-49(32)39(34)55/h10-13,17-18,20,23-25,30-34H,5-9,14-16,19,21H2,1-4H3,(H,44,52)(H,47,51)(H2,45,46,57). The van der Waals surface area contributed by atoms with E-state index in [2.05, 4.69) is 21.3 Å². The summed E-state index contributed by atoms with van der Waals surface area (Å²) in [4.78, 5) is 102. The van der Waals surface area contributed by atoms with Crippen LogP contribution >= 0.6 is 0 Å². The van der Waals surface area contributed by atoms with Gasteiger partial charge in [-0.15, -0.1) is 0 Å². The number of hydrogen-bond acceptors (Lipinski definition) is 8. The molecule has 4 saturated heterocycles. The maximum Gasteiger partial charge on any atom is 0.329 e. The summed E-state index contributed by atoms with van der Waals surface area (Å²) in [5, 5.41) is 10.6. The van der Waals surface area contributed by atoms with Crippen molar-refractivity contribution in [1.82, 2.24) is 30.7 Å². The number of piperidine rings is 1. The number of nitrogens with zero attached hydrogens (tertiary/aromatic N) is 3. The number of cyclic esters (lactones) is 1. The first-order valence-corrected chi connectivity index (χ1v) is 19.9. The van der Waals surface area contributed by atoms with Crippen LogP contribution in [0.5, 0.6) is 0 Å². The molecule has 0 spiro atoms. The topological polar surface area (TPSA) is 187 Å². The minimum absolute atomic E-state index is 0.0248. The molecule has 0 aliphatic carbocycles. The number of nitrogens with one attached hydrogen (secondary N) is 4. The molecule has 2 aromatic carbocycles. The van der Waals surface area contributed by atoms with Gasteiger partial charge in [-0.2, -0.15) is 0 Å². The van der Waals surface area contributed by atoms with Crippen molar-refractivity contribution in [3.8, 4) is 0 Å². The normalized spacial score (nSPS) is 27.5. The molecule has 17 heteroatoms. The maximum atomic E-state index is 14.7. The van der Waals surface area contributed by atoms with Crippen molar-refractivity contribution in [2.24, 2.45) is 5.92 Å². The first-order valence-electron chi connectivity index (χ1n) is 19.9. The summed E-state index contributed by atoms with van der Waals surface area (Å²) >= 11 is 0. The third kappa shape index (κ3) is 9.56. The van der Waals surface area contributed by atoms with Gasteiger partial charge in [-0.25, -0.2) is 18.4 Å². The Labute approximate surface area is 335 Å². The Morgan fingerprint density at radius 1 is 0.828 bits per heavy atom. The van der Waals surface area contributed by atoms with E-state index in [1.165, 1.54) is 28.5 Å². The van der Waals surface area contributed by atoms with Crippen LogP contribution in [0.25, 0.3) is 0 Å². The van der Waals surface area contributed by atoms with Gasteiger partial charge in [-0.3, -0.25) is 24.0 Å². The molecule has 312 valence electrons. The third-order valence-electron chi connectivity index (χ3n) is 11.3. The first kappa shape index (κ1) is 42.0. The van der Waals surface area contributed by atoms with E-state index in [1.54, 1.807) is 24.3 Å². The second kappa shape index (κ2) is 17.9. The largest absolute Gasteiger partial charge is 0.458 e. The Bertz CT molecular complexity index is 1910. The third-order valence-corrected chi connectivity index (χ3v) is 11.3. The van der Waals surface area contributed by atoms with Gasteiger partial charge in [0.05, 0.1) is 0 Å². The van der Waals surface area contributed by atoms with Gasteiger partial charge in [-0.05, 0) is 95.0 Å². The number of hydrogen-bond donors (Lipinski definition) is 4. The predicted octanol–water partition coefficient (Wildman–Crippen LogP) is 2.55. The van der Waals surface area contributed by atoms with E-state index in [0.717, 1.165) is 17.7 Å². The van der Waals surface area contributed by atoms with Crippen LogP contribution in [0.2, 0.25) is 0 Å². The van der Waals surface area contributed by atoms with Crippen LogP contribution in [-0.4, -0.2) is 118 Å². The van der Waals surface area contributed by atoms with E-state index >= 15 is 0 Å². The zero-order chi connectivity index (χ0) is 41.8. The molecular weight excluding hydrogens is 756 g/mol. The van der Waals surface area contributed by atoms with Gasteiger partial charge in [0.2, 0.25) is 29.5 Å². The fraction of sp³-hybridized carbons (Fsp3) is 0.537. The summed E-state index contributed by atoms with van der Waals surface area (Å²) < 4.78 is 34.5. The lowest BCUT2D eigenvalue weighted by molar-refractivity contribution is -0.163. The summed E-state index contributed by atoms with van der Waals surface area (Å²) in [6.45, 7) is 7.24. The molecule has 0 saturated carbocycles. The van der Waals surface area contributed by atoms with Crippen LogP contribution < -0.4 is 21.3 Å². The smallest absolute Gasteiger partial charge is 0.329 e. The zero-order valence-electron chi connectivity index (χ0n) is 33.1. The Morgan fingerprint density at radius 3 is 2.19 bits per heavy atom. The molecule has 6 rings (SSSR count). The zero-order valence-corrected chi connectivity index (χ0v) is 33.1. The summed E-state index contributed by atoms with van der Waals surface area (Å²) in [7, 11) is 0. The molecule has 7 amide bonds. The van der Waals surface area contributed by atoms with E-state index in [-0.39, 0.29) is 44.0 Å². The predicted molar refractivity (Wildman–Crippen MR) is 206 cm³/mol. The number of aryl methyl sites for hydroxylation is 1. The highest BCUT2D eigenvalue weighted by molar-refractivity contribution is 5.98. The van der Waals surface area contributed by atoms with Gasteiger partial charge in [0.25, 0.3) is 0 Å². The summed E-state index contributed by atoms with van der Waals surface area (Å²) in [6, 6.07) is 1.56. The number of halogens is 2. The van der Waals surface area contributed by atoms with Crippen molar-refractivity contribution in [3.05, 3.63) is 65.2 Å². The molecule has 8 unspecified atom stereocenters. The molecule has 0 aromatic heterocycles. The Morgan fingerprint density at radius 2 is 1.48 bits per heavy atom. The fourth-order valence-electron chi connectivity index (χ4n) is 8.36. The van der Waals surface area contributed by atoms with Crippen LogP contribution in [0, 0.1) is 24.5 Å². The number of esters is 1. The molecule has 8 atom stereocenters. The molecule has 4 aliphatic rings. The molecule has 0 bridgehead atoms. The molecule has 4 fully saturated rings.